The molecule has 1 aromatic heterocycles. The van der Waals surface area contributed by atoms with Crippen LogP contribution in [-0.2, 0) is 10.0 Å². The number of hydrogen-bond acceptors (Lipinski definition) is 5. The number of halogens is 1. The second-order valence-corrected chi connectivity index (χ2v) is 8.13. The molecule has 0 atom stereocenters. The molecule has 0 radical (unpaired) electrons. The standard InChI is InChI=1S/C15H18FN3O3S2/c1-4-19(5-2)24(21,22)11-6-7-13(16)12(8-11)14(20)18-15-17-9-10(3)23-15/h6-9H,4-5H2,1-3H3,(H,17,18,20). The minimum absolute atomic E-state index is 0.118. The molecule has 1 N–H and O–H groups in total. The molecule has 1 amide bonds. The van der Waals surface area contributed by atoms with Gasteiger partial charge in [0.25, 0.3) is 5.91 Å². The molecule has 6 nitrogen and oxygen atoms in total. The van der Waals surface area contributed by atoms with Gasteiger partial charge in [-0.25, -0.2) is 17.8 Å². The second kappa shape index (κ2) is 7.37. The van der Waals surface area contributed by atoms with Gasteiger partial charge in [0.2, 0.25) is 10.0 Å². The van der Waals surface area contributed by atoms with Gasteiger partial charge in [-0.1, -0.05) is 13.8 Å². The lowest BCUT2D eigenvalue weighted by atomic mass is 10.2. The molecule has 0 saturated heterocycles. The molecule has 0 aliphatic carbocycles. The maximum Gasteiger partial charge on any atom is 0.260 e. The van der Waals surface area contributed by atoms with Crippen molar-refractivity contribution in [2.75, 3.05) is 18.4 Å². The van der Waals surface area contributed by atoms with Crippen LogP contribution >= 0.6 is 11.3 Å². The number of anilines is 1. The first-order valence-electron chi connectivity index (χ1n) is 7.33. The van der Waals surface area contributed by atoms with Crippen LogP contribution in [0.15, 0.2) is 29.3 Å². The lowest BCUT2D eigenvalue weighted by Crippen LogP contribution is -2.31. The molecule has 1 heterocycles. The fraction of sp³-hybridized carbons (Fsp3) is 0.333. The summed E-state index contributed by atoms with van der Waals surface area (Å²) in [7, 11) is -3.77. The number of benzene rings is 1. The molecule has 0 aliphatic heterocycles. The van der Waals surface area contributed by atoms with Gasteiger partial charge in [-0.15, -0.1) is 11.3 Å². The lowest BCUT2D eigenvalue weighted by molar-refractivity contribution is 0.102. The van der Waals surface area contributed by atoms with E-state index in [2.05, 4.69) is 10.3 Å². The maximum atomic E-state index is 14.0. The number of nitrogens with one attached hydrogen (secondary N) is 1. The Morgan fingerprint density at radius 2 is 2.00 bits per heavy atom. The third kappa shape index (κ3) is 3.80. The van der Waals surface area contributed by atoms with Crippen molar-refractivity contribution in [3.05, 3.63) is 40.7 Å². The van der Waals surface area contributed by atoms with E-state index >= 15 is 0 Å². The van der Waals surface area contributed by atoms with Crippen LogP contribution in [0.25, 0.3) is 0 Å². The van der Waals surface area contributed by atoms with Gasteiger partial charge in [0, 0.05) is 24.2 Å². The molecule has 0 saturated carbocycles. The van der Waals surface area contributed by atoms with E-state index in [1.165, 1.54) is 15.6 Å². The normalized spacial score (nSPS) is 11.7. The van der Waals surface area contributed by atoms with Gasteiger partial charge in [0.1, 0.15) is 5.82 Å². The van der Waals surface area contributed by atoms with Gasteiger partial charge in [0.15, 0.2) is 5.13 Å². The smallest absolute Gasteiger partial charge is 0.260 e. The van der Waals surface area contributed by atoms with Crippen LogP contribution in [0.1, 0.15) is 29.1 Å². The van der Waals surface area contributed by atoms with Gasteiger partial charge in [-0.05, 0) is 25.1 Å². The molecule has 2 rings (SSSR count). The predicted molar refractivity (Wildman–Crippen MR) is 91.3 cm³/mol. The zero-order chi connectivity index (χ0) is 17.9. The highest BCUT2D eigenvalue weighted by Crippen LogP contribution is 2.22. The summed E-state index contributed by atoms with van der Waals surface area (Å²) in [6, 6.07) is 3.20. The summed E-state index contributed by atoms with van der Waals surface area (Å²) in [6.45, 7) is 5.82. The van der Waals surface area contributed by atoms with Crippen molar-refractivity contribution in [3.63, 3.8) is 0 Å². The van der Waals surface area contributed by atoms with Gasteiger partial charge in [-0.2, -0.15) is 4.31 Å². The number of aryl methyl sites for hydroxylation is 1. The highest BCUT2D eigenvalue weighted by atomic mass is 32.2. The number of thiazole rings is 1. The Morgan fingerprint density at radius 1 is 1.33 bits per heavy atom. The van der Waals surface area contributed by atoms with E-state index in [1.807, 2.05) is 6.92 Å². The molecular formula is C15H18FN3O3S2. The molecule has 0 bridgehead atoms. The Morgan fingerprint density at radius 3 is 2.54 bits per heavy atom. The summed E-state index contributed by atoms with van der Waals surface area (Å²) < 4.78 is 40.2. The van der Waals surface area contributed by atoms with Gasteiger partial charge in [-0.3, -0.25) is 10.1 Å². The third-order valence-corrected chi connectivity index (χ3v) is 6.24. The van der Waals surface area contributed by atoms with Crippen LogP contribution < -0.4 is 5.32 Å². The first-order chi connectivity index (χ1) is 11.3. The van der Waals surface area contributed by atoms with Crippen LogP contribution in [0.4, 0.5) is 9.52 Å². The van der Waals surface area contributed by atoms with E-state index in [0.717, 1.165) is 23.1 Å². The van der Waals surface area contributed by atoms with E-state index in [0.29, 0.717) is 5.13 Å². The summed E-state index contributed by atoms with van der Waals surface area (Å²) in [5.41, 5.74) is -0.337. The first kappa shape index (κ1) is 18.5. The predicted octanol–water partition coefficient (Wildman–Crippen LogP) is 2.87. The molecule has 0 unspecified atom stereocenters. The molecule has 130 valence electrons. The summed E-state index contributed by atoms with van der Waals surface area (Å²) in [5.74, 6) is -1.53. The molecule has 0 aliphatic rings. The van der Waals surface area contributed by atoms with Crippen molar-refractivity contribution in [1.29, 1.82) is 0 Å². The fourth-order valence-corrected chi connectivity index (χ4v) is 4.27. The minimum Gasteiger partial charge on any atom is -0.298 e. The lowest BCUT2D eigenvalue weighted by Gasteiger charge is -2.18. The molecule has 2 aromatic rings. The average Bonchev–Trinajstić information content (AvgIpc) is 2.93. The molecule has 0 spiro atoms. The Balaban J connectivity index is 2.36. The average molecular weight is 371 g/mol. The zero-order valence-electron chi connectivity index (χ0n) is 13.5. The number of nitrogens with zero attached hydrogens (tertiary/aromatic N) is 2. The van der Waals surface area contributed by atoms with Crippen LogP contribution in [0.5, 0.6) is 0 Å². The quantitative estimate of drug-likeness (QED) is 0.847. The summed E-state index contributed by atoms with van der Waals surface area (Å²) in [6.07, 6.45) is 1.58. The fourth-order valence-electron chi connectivity index (χ4n) is 2.13. The maximum absolute atomic E-state index is 14.0. The van der Waals surface area contributed by atoms with E-state index in [-0.39, 0.29) is 23.5 Å². The van der Waals surface area contributed by atoms with Crippen molar-refractivity contribution >= 4 is 32.4 Å². The number of carbonyl (C=O) groups is 1. The number of hydrogen-bond donors (Lipinski definition) is 1. The molecular weight excluding hydrogens is 353 g/mol. The van der Waals surface area contributed by atoms with Gasteiger partial charge in [0.05, 0.1) is 10.5 Å². The third-order valence-electron chi connectivity index (χ3n) is 3.37. The van der Waals surface area contributed by atoms with Crippen molar-refractivity contribution < 1.29 is 17.6 Å². The SMILES string of the molecule is CCN(CC)S(=O)(=O)c1ccc(F)c(C(=O)Nc2ncc(C)s2)c1. The largest absolute Gasteiger partial charge is 0.298 e. The van der Waals surface area contributed by atoms with Crippen LogP contribution in [0.3, 0.4) is 0 Å². The molecule has 9 heteroatoms. The zero-order valence-corrected chi connectivity index (χ0v) is 15.2. The van der Waals surface area contributed by atoms with Crippen LogP contribution in [-0.4, -0.2) is 36.7 Å². The van der Waals surface area contributed by atoms with E-state index in [9.17, 15) is 17.6 Å². The van der Waals surface area contributed by atoms with Gasteiger partial charge < -0.3 is 0 Å². The summed E-state index contributed by atoms with van der Waals surface area (Å²) >= 11 is 1.25. The number of rotatable bonds is 6. The van der Waals surface area contributed by atoms with E-state index in [4.69, 9.17) is 0 Å². The Bertz CT molecular complexity index is 845. The Kier molecular flexibility index (Phi) is 5.68. The van der Waals surface area contributed by atoms with Gasteiger partial charge >= 0.3 is 0 Å². The molecule has 24 heavy (non-hydrogen) atoms. The highest BCUT2D eigenvalue weighted by Gasteiger charge is 2.24. The van der Waals surface area contributed by atoms with Crippen molar-refractivity contribution in [3.8, 4) is 0 Å². The molecule has 1 aromatic carbocycles. The number of aromatic nitrogens is 1. The van der Waals surface area contributed by atoms with Crippen LogP contribution in [0, 0.1) is 12.7 Å². The summed E-state index contributed by atoms with van der Waals surface area (Å²) in [5, 5.41) is 2.80. The molecule has 0 fully saturated rings. The monoisotopic (exact) mass is 371 g/mol. The second-order valence-electron chi connectivity index (χ2n) is 4.96. The topological polar surface area (TPSA) is 79.4 Å². The minimum atomic E-state index is -3.77. The Hall–Kier alpha value is -1.84. The van der Waals surface area contributed by atoms with Crippen LogP contribution in [0.2, 0.25) is 0 Å². The number of amides is 1. The first-order valence-corrected chi connectivity index (χ1v) is 9.58. The van der Waals surface area contributed by atoms with E-state index < -0.39 is 21.7 Å². The van der Waals surface area contributed by atoms with Crippen molar-refractivity contribution in [2.45, 2.75) is 25.7 Å². The van der Waals surface area contributed by atoms with E-state index in [1.54, 1.807) is 20.0 Å². The number of carbonyl (C=O) groups excluding carboxylic acids is 1. The van der Waals surface area contributed by atoms with Crippen molar-refractivity contribution in [2.24, 2.45) is 0 Å². The number of sulfonamides is 1. The Labute approximate surface area is 144 Å². The summed E-state index contributed by atoms with van der Waals surface area (Å²) in [4.78, 5) is 17.0. The van der Waals surface area contributed by atoms with Crippen molar-refractivity contribution in [1.82, 2.24) is 9.29 Å². The highest BCUT2D eigenvalue weighted by molar-refractivity contribution is 7.89.